The van der Waals surface area contributed by atoms with Gasteiger partial charge in [-0.15, -0.1) is 24.0 Å². The minimum Gasteiger partial charge on any atom is -0.370 e. The number of aliphatic imine (C=N–C) groups is 1. The summed E-state index contributed by atoms with van der Waals surface area (Å²) < 4.78 is 0. The molecule has 0 rings (SSSR count). The Kier molecular flexibility index (Phi) is 18.2. The predicted molar refractivity (Wildman–Crippen MR) is 106 cm³/mol. The number of hydrogen-bond donors (Lipinski definition) is 3. The summed E-state index contributed by atoms with van der Waals surface area (Å²) in [5.41, 5.74) is 5.76. The normalized spacial score (nSPS) is 12.4. The summed E-state index contributed by atoms with van der Waals surface area (Å²) in [6.07, 6.45) is 8.88. The lowest BCUT2D eigenvalue weighted by molar-refractivity contribution is -0.121. The van der Waals surface area contributed by atoms with Crippen molar-refractivity contribution in [2.75, 3.05) is 13.1 Å². The van der Waals surface area contributed by atoms with Crippen molar-refractivity contribution >= 4 is 35.8 Å². The first-order valence-electron chi connectivity index (χ1n) is 8.43. The second-order valence-electron chi connectivity index (χ2n) is 5.59. The number of amides is 1. The van der Waals surface area contributed by atoms with Crippen LogP contribution in [0, 0.1) is 0 Å². The Morgan fingerprint density at radius 3 is 2.41 bits per heavy atom. The number of carbonyl (C=O) groups is 1. The van der Waals surface area contributed by atoms with Crippen LogP contribution in [0.25, 0.3) is 0 Å². The Morgan fingerprint density at radius 2 is 1.77 bits per heavy atom. The van der Waals surface area contributed by atoms with Crippen molar-refractivity contribution in [3.8, 4) is 0 Å². The molecule has 0 aliphatic rings. The van der Waals surface area contributed by atoms with Crippen LogP contribution in [-0.4, -0.2) is 31.0 Å². The monoisotopic (exact) mass is 426 g/mol. The smallest absolute Gasteiger partial charge is 0.221 e. The third kappa shape index (κ3) is 15.9. The second kappa shape index (κ2) is 16.8. The first-order valence-corrected chi connectivity index (χ1v) is 8.43. The van der Waals surface area contributed by atoms with E-state index in [1.165, 1.54) is 32.1 Å². The van der Waals surface area contributed by atoms with E-state index in [-0.39, 0.29) is 35.9 Å². The molecule has 0 aromatic rings. The van der Waals surface area contributed by atoms with Crippen molar-refractivity contribution in [2.24, 2.45) is 10.7 Å². The lowest BCUT2D eigenvalue weighted by atomic mass is 10.1. The summed E-state index contributed by atoms with van der Waals surface area (Å²) in [7, 11) is 0. The van der Waals surface area contributed by atoms with Crippen LogP contribution in [0.15, 0.2) is 4.99 Å². The number of carbonyl (C=O) groups excluding carboxylic acids is 1. The molecule has 1 amide bonds. The van der Waals surface area contributed by atoms with Gasteiger partial charge in [-0.2, -0.15) is 0 Å². The maximum absolute atomic E-state index is 11.5. The fraction of sp³-hybridized carbons (Fsp3) is 0.875. The van der Waals surface area contributed by atoms with Gasteiger partial charge in [0.05, 0.1) is 0 Å². The van der Waals surface area contributed by atoms with Gasteiger partial charge in [0, 0.05) is 25.6 Å². The minimum atomic E-state index is 0. The zero-order chi connectivity index (χ0) is 15.9. The number of unbranched alkanes of at least 4 members (excludes halogenated alkanes) is 5. The van der Waals surface area contributed by atoms with Gasteiger partial charge in [0.15, 0.2) is 5.96 Å². The number of hydrogen-bond acceptors (Lipinski definition) is 2. The van der Waals surface area contributed by atoms with E-state index in [1.54, 1.807) is 0 Å². The van der Waals surface area contributed by atoms with Crippen molar-refractivity contribution in [1.29, 1.82) is 0 Å². The predicted octanol–water partition coefficient (Wildman–Crippen LogP) is 3.17. The minimum absolute atomic E-state index is 0. The number of halogens is 1. The van der Waals surface area contributed by atoms with Crippen LogP contribution >= 0.6 is 24.0 Å². The fourth-order valence-electron chi connectivity index (χ4n) is 1.90. The number of nitrogens with two attached hydrogens (primary N) is 1. The van der Waals surface area contributed by atoms with E-state index < -0.39 is 0 Å². The SMILES string of the molecule is CCCCCCCCN=C(N)NCCC(=O)NC(C)CC.I. The van der Waals surface area contributed by atoms with Crippen molar-refractivity contribution in [1.82, 2.24) is 10.6 Å². The average Bonchev–Trinajstić information content (AvgIpc) is 2.46. The van der Waals surface area contributed by atoms with Crippen LogP contribution in [0.2, 0.25) is 0 Å². The Balaban J connectivity index is 0. The molecule has 0 aliphatic carbocycles. The topological polar surface area (TPSA) is 79.5 Å². The summed E-state index contributed by atoms with van der Waals surface area (Å²) in [5.74, 6) is 0.500. The molecule has 132 valence electrons. The zero-order valence-electron chi connectivity index (χ0n) is 14.5. The molecular formula is C16H35IN4O. The molecule has 22 heavy (non-hydrogen) atoms. The van der Waals surface area contributed by atoms with Crippen molar-refractivity contribution < 1.29 is 4.79 Å². The molecule has 0 heterocycles. The van der Waals surface area contributed by atoms with Crippen LogP contribution in [0.1, 0.15) is 72.1 Å². The highest BCUT2D eigenvalue weighted by Gasteiger charge is 2.04. The molecule has 0 fully saturated rings. The fourth-order valence-corrected chi connectivity index (χ4v) is 1.90. The van der Waals surface area contributed by atoms with Gasteiger partial charge in [0.1, 0.15) is 0 Å². The average molecular weight is 426 g/mol. The van der Waals surface area contributed by atoms with Gasteiger partial charge < -0.3 is 16.4 Å². The van der Waals surface area contributed by atoms with Crippen LogP contribution in [0.4, 0.5) is 0 Å². The zero-order valence-corrected chi connectivity index (χ0v) is 16.8. The van der Waals surface area contributed by atoms with Gasteiger partial charge >= 0.3 is 0 Å². The first-order chi connectivity index (χ1) is 10.1. The van der Waals surface area contributed by atoms with Crippen molar-refractivity contribution in [3.63, 3.8) is 0 Å². The lowest BCUT2D eigenvalue weighted by Gasteiger charge is -2.11. The Bertz CT molecular complexity index is 298. The molecule has 1 atom stereocenters. The number of nitrogens with one attached hydrogen (secondary N) is 2. The highest BCUT2D eigenvalue weighted by atomic mass is 127. The van der Waals surface area contributed by atoms with Crippen LogP contribution in [0.5, 0.6) is 0 Å². The summed E-state index contributed by atoms with van der Waals surface area (Å²) >= 11 is 0. The highest BCUT2D eigenvalue weighted by molar-refractivity contribution is 14.0. The maximum Gasteiger partial charge on any atom is 0.221 e. The molecule has 1 unspecified atom stereocenters. The molecule has 0 aliphatic heterocycles. The van der Waals surface area contributed by atoms with Gasteiger partial charge in [-0.05, 0) is 19.8 Å². The molecule has 0 aromatic heterocycles. The molecule has 0 radical (unpaired) electrons. The Morgan fingerprint density at radius 1 is 1.14 bits per heavy atom. The van der Waals surface area contributed by atoms with Crippen molar-refractivity contribution in [3.05, 3.63) is 0 Å². The van der Waals surface area contributed by atoms with E-state index in [0.717, 1.165) is 19.4 Å². The number of rotatable bonds is 12. The lowest BCUT2D eigenvalue weighted by Crippen LogP contribution is -2.37. The first kappa shape index (κ1) is 23.7. The third-order valence-corrected chi connectivity index (χ3v) is 3.47. The number of guanidine groups is 1. The summed E-state index contributed by atoms with van der Waals surface area (Å²) in [5, 5.41) is 5.90. The molecule has 5 nitrogen and oxygen atoms in total. The molecule has 4 N–H and O–H groups in total. The van der Waals surface area contributed by atoms with E-state index in [9.17, 15) is 4.79 Å². The largest absolute Gasteiger partial charge is 0.370 e. The Hall–Kier alpha value is -0.530. The van der Waals surface area contributed by atoms with Crippen molar-refractivity contribution in [2.45, 2.75) is 78.2 Å². The van der Waals surface area contributed by atoms with E-state index in [0.29, 0.717) is 18.9 Å². The van der Waals surface area contributed by atoms with E-state index in [1.807, 2.05) is 6.92 Å². The molecule has 0 saturated heterocycles. The molecule has 0 aromatic carbocycles. The summed E-state index contributed by atoms with van der Waals surface area (Å²) in [6, 6.07) is 0.233. The molecule has 0 saturated carbocycles. The van der Waals surface area contributed by atoms with Gasteiger partial charge in [-0.1, -0.05) is 46.0 Å². The van der Waals surface area contributed by atoms with Crippen LogP contribution in [-0.2, 0) is 4.79 Å². The van der Waals surface area contributed by atoms with Gasteiger partial charge in [-0.25, -0.2) is 0 Å². The highest BCUT2D eigenvalue weighted by Crippen LogP contribution is 2.04. The summed E-state index contributed by atoms with van der Waals surface area (Å²) in [6.45, 7) is 7.58. The standard InChI is InChI=1S/C16H34N4O.HI/c1-4-6-7-8-9-10-12-18-16(17)19-13-11-15(21)20-14(3)5-2;/h14H,4-13H2,1-3H3,(H,20,21)(H3,17,18,19);1H. The molecule has 0 spiro atoms. The molecule has 0 bridgehead atoms. The van der Waals surface area contributed by atoms with Gasteiger partial charge in [0.2, 0.25) is 5.91 Å². The van der Waals surface area contributed by atoms with Crippen LogP contribution in [0.3, 0.4) is 0 Å². The van der Waals surface area contributed by atoms with E-state index >= 15 is 0 Å². The quantitative estimate of drug-likeness (QED) is 0.194. The summed E-state index contributed by atoms with van der Waals surface area (Å²) in [4.78, 5) is 15.8. The van der Waals surface area contributed by atoms with E-state index in [2.05, 4.69) is 29.5 Å². The van der Waals surface area contributed by atoms with Crippen LogP contribution < -0.4 is 16.4 Å². The van der Waals surface area contributed by atoms with E-state index in [4.69, 9.17) is 5.73 Å². The molecule has 6 heteroatoms. The number of nitrogens with zero attached hydrogens (tertiary/aromatic N) is 1. The van der Waals surface area contributed by atoms with Gasteiger partial charge in [0.25, 0.3) is 0 Å². The Labute approximate surface area is 153 Å². The third-order valence-electron chi connectivity index (χ3n) is 3.47. The van der Waals surface area contributed by atoms with Gasteiger partial charge in [-0.3, -0.25) is 9.79 Å². The molecular weight excluding hydrogens is 391 g/mol. The second-order valence-corrected chi connectivity index (χ2v) is 5.59. The maximum atomic E-state index is 11.5.